The number of rotatable bonds is 3. The first kappa shape index (κ1) is 12.0. The lowest BCUT2D eigenvalue weighted by Crippen LogP contribution is -2.07. The van der Waals surface area contributed by atoms with E-state index in [1.165, 1.54) is 0 Å². The molecule has 1 aliphatic rings. The molecule has 0 bridgehead atoms. The number of fused-ring (bicyclic) bond motifs is 1. The van der Waals surface area contributed by atoms with Gasteiger partial charge in [0, 0.05) is 19.2 Å². The molecular weight excluding hydrogens is 242 g/mol. The van der Waals surface area contributed by atoms with Crippen molar-refractivity contribution in [3.05, 3.63) is 29.7 Å². The van der Waals surface area contributed by atoms with Crippen LogP contribution in [0.4, 0.5) is 0 Å². The van der Waals surface area contributed by atoms with Gasteiger partial charge >= 0.3 is 0 Å². The SMILES string of the molecule is CNCc1nc(C)n(C)c1-c1ccc2c(c1)OCO2. The number of nitrogens with one attached hydrogen (secondary N) is 1. The molecule has 5 heteroatoms. The second-order valence-electron chi connectivity index (χ2n) is 4.61. The average Bonchev–Trinajstić information content (AvgIpc) is 2.95. The van der Waals surface area contributed by atoms with E-state index in [1.54, 1.807) is 0 Å². The van der Waals surface area contributed by atoms with Crippen molar-refractivity contribution in [3.63, 3.8) is 0 Å². The maximum atomic E-state index is 5.44. The van der Waals surface area contributed by atoms with Gasteiger partial charge in [0.25, 0.3) is 0 Å². The van der Waals surface area contributed by atoms with E-state index in [9.17, 15) is 0 Å². The largest absolute Gasteiger partial charge is 0.454 e. The van der Waals surface area contributed by atoms with Crippen LogP contribution in [0, 0.1) is 6.92 Å². The standard InChI is InChI=1S/C14H17N3O2/c1-9-16-11(7-15-2)14(17(9)3)10-4-5-12-13(6-10)19-8-18-12/h4-6,15H,7-8H2,1-3H3. The van der Waals surface area contributed by atoms with Crippen molar-refractivity contribution >= 4 is 0 Å². The topological polar surface area (TPSA) is 48.3 Å². The molecule has 100 valence electrons. The molecule has 0 radical (unpaired) electrons. The van der Waals surface area contributed by atoms with Gasteiger partial charge in [-0.3, -0.25) is 0 Å². The van der Waals surface area contributed by atoms with Gasteiger partial charge in [-0.2, -0.15) is 0 Å². The zero-order valence-corrected chi connectivity index (χ0v) is 11.4. The Morgan fingerprint density at radius 2 is 2.11 bits per heavy atom. The summed E-state index contributed by atoms with van der Waals surface area (Å²) >= 11 is 0. The summed E-state index contributed by atoms with van der Waals surface area (Å²) in [6.45, 7) is 3.05. The summed E-state index contributed by atoms with van der Waals surface area (Å²) in [5, 5.41) is 3.16. The normalized spacial score (nSPS) is 13.0. The van der Waals surface area contributed by atoms with Crippen molar-refractivity contribution in [2.75, 3.05) is 13.8 Å². The Kier molecular flexibility index (Phi) is 2.91. The lowest BCUT2D eigenvalue weighted by molar-refractivity contribution is 0.174. The molecule has 2 heterocycles. The van der Waals surface area contributed by atoms with E-state index in [2.05, 4.69) is 14.9 Å². The Balaban J connectivity index is 2.10. The predicted octanol–water partition coefficient (Wildman–Crippen LogP) is 1.84. The number of imidazole rings is 1. The molecule has 0 saturated heterocycles. The van der Waals surface area contributed by atoms with Gasteiger partial charge in [-0.25, -0.2) is 4.98 Å². The molecule has 5 nitrogen and oxygen atoms in total. The summed E-state index contributed by atoms with van der Waals surface area (Å²) in [5.41, 5.74) is 3.25. The zero-order valence-electron chi connectivity index (χ0n) is 11.4. The highest BCUT2D eigenvalue weighted by Gasteiger charge is 2.18. The molecule has 2 aromatic rings. The molecule has 0 aliphatic carbocycles. The van der Waals surface area contributed by atoms with Gasteiger partial charge < -0.3 is 19.4 Å². The van der Waals surface area contributed by atoms with Crippen LogP contribution in [-0.2, 0) is 13.6 Å². The van der Waals surface area contributed by atoms with Crippen molar-refractivity contribution in [1.82, 2.24) is 14.9 Å². The van der Waals surface area contributed by atoms with E-state index < -0.39 is 0 Å². The van der Waals surface area contributed by atoms with Crippen LogP contribution in [-0.4, -0.2) is 23.4 Å². The van der Waals surface area contributed by atoms with Crippen LogP contribution in [0.5, 0.6) is 11.5 Å². The molecule has 0 fully saturated rings. The third-order valence-electron chi connectivity index (χ3n) is 3.38. The monoisotopic (exact) mass is 259 g/mol. The van der Waals surface area contributed by atoms with E-state index in [4.69, 9.17) is 9.47 Å². The number of ether oxygens (including phenoxy) is 2. The summed E-state index contributed by atoms with van der Waals surface area (Å²) in [7, 11) is 3.95. The molecule has 0 spiro atoms. The van der Waals surface area contributed by atoms with Gasteiger partial charge in [0.1, 0.15) is 5.82 Å². The smallest absolute Gasteiger partial charge is 0.231 e. The van der Waals surface area contributed by atoms with Crippen LogP contribution in [0.1, 0.15) is 11.5 Å². The first-order valence-corrected chi connectivity index (χ1v) is 6.27. The first-order chi connectivity index (χ1) is 9.20. The molecule has 1 N–H and O–H groups in total. The minimum Gasteiger partial charge on any atom is -0.454 e. The lowest BCUT2D eigenvalue weighted by Gasteiger charge is -2.08. The van der Waals surface area contributed by atoms with Crippen LogP contribution in [0.25, 0.3) is 11.3 Å². The van der Waals surface area contributed by atoms with Gasteiger partial charge in [0.2, 0.25) is 6.79 Å². The van der Waals surface area contributed by atoms with Crippen molar-refractivity contribution in [3.8, 4) is 22.8 Å². The second-order valence-corrected chi connectivity index (χ2v) is 4.61. The highest BCUT2D eigenvalue weighted by Crippen LogP contribution is 2.36. The number of aromatic nitrogens is 2. The van der Waals surface area contributed by atoms with Crippen LogP contribution >= 0.6 is 0 Å². The fraction of sp³-hybridized carbons (Fsp3) is 0.357. The summed E-state index contributed by atoms with van der Waals surface area (Å²) in [4.78, 5) is 4.60. The van der Waals surface area contributed by atoms with Crippen molar-refractivity contribution in [1.29, 1.82) is 0 Å². The Hall–Kier alpha value is -2.01. The molecule has 1 aromatic carbocycles. The Labute approximate surface area is 112 Å². The van der Waals surface area contributed by atoms with Crippen molar-refractivity contribution in [2.45, 2.75) is 13.5 Å². The lowest BCUT2D eigenvalue weighted by atomic mass is 10.1. The number of hydrogen-bond acceptors (Lipinski definition) is 4. The fourth-order valence-corrected chi connectivity index (χ4v) is 2.37. The Morgan fingerprint density at radius 3 is 2.89 bits per heavy atom. The minimum absolute atomic E-state index is 0.298. The molecule has 19 heavy (non-hydrogen) atoms. The molecule has 0 amide bonds. The molecule has 0 saturated carbocycles. The van der Waals surface area contributed by atoms with Crippen LogP contribution in [0.2, 0.25) is 0 Å². The molecular formula is C14H17N3O2. The van der Waals surface area contributed by atoms with Crippen molar-refractivity contribution < 1.29 is 9.47 Å². The van der Waals surface area contributed by atoms with Gasteiger partial charge in [0.05, 0.1) is 11.4 Å². The fourth-order valence-electron chi connectivity index (χ4n) is 2.37. The summed E-state index contributed by atoms with van der Waals surface area (Å²) < 4.78 is 12.9. The second kappa shape index (κ2) is 4.59. The van der Waals surface area contributed by atoms with Crippen LogP contribution < -0.4 is 14.8 Å². The zero-order chi connectivity index (χ0) is 13.4. The van der Waals surface area contributed by atoms with Gasteiger partial charge in [-0.1, -0.05) is 0 Å². The summed E-state index contributed by atoms with van der Waals surface area (Å²) in [6, 6.07) is 6.00. The Bertz CT molecular complexity index is 619. The van der Waals surface area contributed by atoms with E-state index in [0.29, 0.717) is 6.79 Å². The van der Waals surface area contributed by atoms with Gasteiger partial charge in [-0.05, 0) is 32.2 Å². The van der Waals surface area contributed by atoms with Gasteiger partial charge in [0.15, 0.2) is 11.5 Å². The van der Waals surface area contributed by atoms with Crippen LogP contribution in [0.3, 0.4) is 0 Å². The number of benzene rings is 1. The van der Waals surface area contributed by atoms with E-state index >= 15 is 0 Å². The van der Waals surface area contributed by atoms with E-state index in [-0.39, 0.29) is 0 Å². The maximum absolute atomic E-state index is 5.44. The highest BCUT2D eigenvalue weighted by atomic mass is 16.7. The predicted molar refractivity (Wildman–Crippen MR) is 72.3 cm³/mol. The van der Waals surface area contributed by atoms with Gasteiger partial charge in [-0.15, -0.1) is 0 Å². The number of hydrogen-bond donors (Lipinski definition) is 1. The quantitative estimate of drug-likeness (QED) is 0.913. The average molecular weight is 259 g/mol. The highest BCUT2D eigenvalue weighted by molar-refractivity contribution is 5.67. The minimum atomic E-state index is 0.298. The maximum Gasteiger partial charge on any atom is 0.231 e. The number of nitrogens with zero attached hydrogens (tertiary/aromatic N) is 2. The Morgan fingerprint density at radius 1 is 1.32 bits per heavy atom. The third-order valence-corrected chi connectivity index (χ3v) is 3.38. The summed E-state index contributed by atoms with van der Waals surface area (Å²) in [5.74, 6) is 2.60. The molecule has 0 atom stereocenters. The first-order valence-electron chi connectivity index (χ1n) is 6.27. The third kappa shape index (κ3) is 1.96. The van der Waals surface area contributed by atoms with Crippen molar-refractivity contribution in [2.24, 2.45) is 7.05 Å². The van der Waals surface area contributed by atoms with E-state index in [1.807, 2.05) is 39.2 Å². The number of aryl methyl sites for hydroxylation is 1. The van der Waals surface area contributed by atoms with E-state index in [0.717, 1.165) is 40.8 Å². The van der Waals surface area contributed by atoms with Crippen LogP contribution in [0.15, 0.2) is 18.2 Å². The molecule has 3 rings (SSSR count). The molecule has 1 aromatic heterocycles. The summed E-state index contributed by atoms with van der Waals surface area (Å²) in [6.07, 6.45) is 0. The molecule has 0 unspecified atom stereocenters. The molecule has 1 aliphatic heterocycles.